The summed E-state index contributed by atoms with van der Waals surface area (Å²) < 4.78 is 5.43. The van der Waals surface area contributed by atoms with Crippen molar-refractivity contribution in [3.8, 4) is 0 Å². The minimum atomic E-state index is -0.263. The minimum absolute atomic E-state index is 0.167. The lowest BCUT2D eigenvalue weighted by molar-refractivity contribution is -0.114. The maximum absolute atomic E-state index is 12.3. The second kappa shape index (κ2) is 5.92. The number of carbonyl (C=O) groups excluding carboxylic acids is 2. The van der Waals surface area contributed by atoms with Gasteiger partial charge in [-0.3, -0.25) is 9.59 Å². The van der Waals surface area contributed by atoms with Crippen LogP contribution in [0.1, 0.15) is 23.2 Å². The fraction of sp³-hybridized carbons (Fsp3) is 0.118. The van der Waals surface area contributed by atoms with Crippen LogP contribution in [-0.4, -0.2) is 16.8 Å². The van der Waals surface area contributed by atoms with Gasteiger partial charge >= 0.3 is 0 Å². The van der Waals surface area contributed by atoms with E-state index in [0.717, 1.165) is 0 Å². The second-order valence-electron chi connectivity index (χ2n) is 5.13. The van der Waals surface area contributed by atoms with Crippen molar-refractivity contribution in [2.24, 2.45) is 0 Å². The molecule has 0 aliphatic rings. The van der Waals surface area contributed by atoms with Gasteiger partial charge < -0.3 is 15.1 Å². The zero-order chi connectivity index (χ0) is 16.4. The van der Waals surface area contributed by atoms with E-state index in [9.17, 15) is 9.59 Å². The number of anilines is 2. The van der Waals surface area contributed by atoms with Crippen molar-refractivity contribution in [3.05, 3.63) is 53.9 Å². The predicted octanol–water partition coefficient (Wildman–Crippen LogP) is 3.35. The van der Waals surface area contributed by atoms with E-state index in [2.05, 4.69) is 15.6 Å². The number of rotatable bonds is 3. The molecule has 0 spiro atoms. The fourth-order valence-electron chi connectivity index (χ4n) is 2.26. The maximum Gasteiger partial charge on any atom is 0.255 e. The molecule has 0 radical (unpaired) electrons. The van der Waals surface area contributed by atoms with Gasteiger partial charge in [0, 0.05) is 30.8 Å². The lowest BCUT2D eigenvalue weighted by Crippen LogP contribution is -2.12. The van der Waals surface area contributed by atoms with Gasteiger partial charge in [-0.2, -0.15) is 0 Å². The van der Waals surface area contributed by atoms with Gasteiger partial charge in [-0.25, -0.2) is 4.98 Å². The number of benzene rings is 2. The van der Waals surface area contributed by atoms with Gasteiger partial charge in [-0.05, 0) is 36.4 Å². The van der Waals surface area contributed by atoms with Gasteiger partial charge in [0.25, 0.3) is 5.91 Å². The quantitative estimate of drug-likeness (QED) is 0.777. The van der Waals surface area contributed by atoms with Crippen molar-refractivity contribution in [2.75, 3.05) is 10.6 Å². The molecule has 6 heteroatoms. The van der Waals surface area contributed by atoms with Crippen LogP contribution < -0.4 is 10.6 Å². The van der Waals surface area contributed by atoms with E-state index in [-0.39, 0.29) is 11.8 Å². The summed E-state index contributed by atoms with van der Waals surface area (Å²) in [6, 6.07) is 12.0. The Labute approximate surface area is 132 Å². The van der Waals surface area contributed by atoms with Crippen molar-refractivity contribution in [1.82, 2.24) is 4.98 Å². The Morgan fingerprint density at radius 1 is 1.04 bits per heavy atom. The first kappa shape index (κ1) is 14.8. The number of amides is 2. The van der Waals surface area contributed by atoms with E-state index in [4.69, 9.17) is 4.42 Å². The number of hydrogen-bond donors (Lipinski definition) is 2. The van der Waals surface area contributed by atoms with E-state index >= 15 is 0 Å². The summed E-state index contributed by atoms with van der Waals surface area (Å²) in [6.45, 7) is 3.19. The molecule has 0 atom stereocenters. The molecule has 3 rings (SSSR count). The third kappa shape index (κ3) is 3.37. The van der Waals surface area contributed by atoms with Crippen LogP contribution in [0.5, 0.6) is 0 Å². The number of nitrogens with one attached hydrogen (secondary N) is 2. The molecule has 0 aliphatic heterocycles. The minimum Gasteiger partial charge on any atom is -0.441 e. The number of aromatic nitrogens is 1. The number of aryl methyl sites for hydroxylation is 1. The van der Waals surface area contributed by atoms with Crippen molar-refractivity contribution in [2.45, 2.75) is 13.8 Å². The van der Waals surface area contributed by atoms with E-state index < -0.39 is 0 Å². The summed E-state index contributed by atoms with van der Waals surface area (Å²) in [5.41, 5.74) is 2.97. The highest BCUT2D eigenvalue weighted by atomic mass is 16.3. The molecule has 2 amide bonds. The van der Waals surface area contributed by atoms with E-state index in [1.807, 2.05) is 0 Å². The van der Waals surface area contributed by atoms with Gasteiger partial charge in [0.2, 0.25) is 5.91 Å². The van der Waals surface area contributed by atoms with Crippen LogP contribution in [0.25, 0.3) is 11.1 Å². The van der Waals surface area contributed by atoms with E-state index in [0.29, 0.717) is 33.9 Å². The predicted molar refractivity (Wildman–Crippen MR) is 87.4 cm³/mol. The Morgan fingerprint density at radius 3 is 2.52 bits per heavy atom. The van der Waals surface area contributed by atoms with Gasteiger partial charge in [0.15, 0.2) is 11.5 Å². The highest BCUT2D eigenvalue weighted by molar-refractivity contribution is 6.06. The van der Waals surface area contributed by atoms with Crippen LogP contribution in [0.4, 0.5) is 11.4 Å². The topological polar surface area (TPSA) is 84.2 Å². The first-order chi connectivity index (χ1) is 11.0. The maximum atomic E-state index is 12.3. The highest BCUT2D eigenvalue weighted by Gasteiger charge is 2.10. The van der Waals surface area contributed by atoms with Gasteiger partial charge in [0.05, 0.1) is 0 Å². The van der Waals surface area contributed by atoms with Crippen molar-refractivity contribution < 1.29 is 14.0 Å². The Balaban J connectivity index is 1.81. The Morgan fingerprint density at radius 2 is 1.78 bits per heavy atom. The Kier molecular flexibility index (Phi) is 3.80. The second-order valence-corrected chi connectivity index (χ2v) is 5.13. The summed E-state index contributed by atoms with van der Waals surface area (Å²) in [6.07, 6.45) is 0. The zero-order valence-corrected chi connectivity index (χ0v) is 12.7. The number of hydrogen-bond acceptors (Lipinski definition) is 4. The summed E-state index contributed by atoms with van der Waals surface area (Å²) in [5, 5.41) is 5.46. The molecule has 0 aliphatic carbocycles. The molecule has 6 nitrogen and oxygen atoms in total. The lowest BCUT2D eigenvalue weighted by atomic mass is 10.2. The molecule has 1 aromatic heterocycles. The fourth-order valence-corrected chi connectivity index (χ4v) is 2.26. The van der Waals surface area contributed by atoms with Gasteiger partial charge in [-0.1, -0.05) is 6.07 Å². The molecule has 0 saturated heterocycles. The standard InChI is InChI=1S/C17H15N3O3/c1-10(21)18-13-4-3-5-14(9-13)20-17(22)12-6-7-15-16(8-12)23-11(2)19-15/h3-9H,1-2H3,(H,18,21)(H,20,22). The first-order valence-corrected chi connectivity index (χ1v) is 7.07. The third-order valence-corrected chi connectivity index (χ3v) is 3.20. The monoisotopic (exact) mass is 309 g/mol. The average molecular weight is 309 g/mol. The van der Waals surface area contributed by atoms with E-state index in [1.165, 1.54) is 6.92 Å². The number of oxazole rings is 1. The van der Waals surface area contributed by atoms with E-state index in [1.54, 1.807) is 49.4 Å². The lowest BCUT2D eigenvalue weighted by Gasteiger charge is -2.07. The average Bonchev–Trinajstić information content (AvgIpc) is 2.85. The molecule has 0 fully saturated rings. The van der Waals surface area contributed by atoms with Gasteiger partial charge in [-0.15, -0.1) is 0 Å². The van der Waals surface area contributed by atoms with Crippen LogP contribution in [0, 0.1) is 6.92 Å². The SMILES string of the molecule is CC(=O)Nc1cccc(NC(=O)c2ccc3nc(C)oc3c2)c1. The smallest absolute Gasteiger partial charge is 0.255 e. The molecule has 0 bridgehead atoms. The van der Waals surface area contributed by atoms with Crippen molar-refractivity contribution in [1.29, 1.82) is 0 Å². The van der Waals surface area contributed by atoms with Crippen LogP contribution in [0.3, 0.4) is 0 Å². The Hall–Kier alpha value is -3.15. The summed E-state index contributed by atoms with van der Waals surface area (Å²) in [4.78, 5) is 27.6. The zero-order valence-electron chi connectivity index (χ0n) is 12.7. The summed E-state index contributed by atoms with van der Waals surface area (Å²) >= 11 is 0. The number of carbonyl (C=O) groups is 2. The molecule has 0 unspecified atom stereocenters. The molecule has 1 heterocycles. The highest BCUT2D eigenvalue weighted by Crippen LogP contribution is 2.19. The number of nitrogens with zero attached hydrogens (tertiary/aromatic N) is 1. The molecule has 23 heavy (non-hydrogen) atoms. The largest absolute Gasteiger partial charge is 0.441 e. The van der Waals surface area contributed by atoms with Crippen LogP contribution in [-0.2, 0) is 4.79 Å². The van der Waals surface area contributed by atoms with Crippen molar-refractivity contribution >= 4 is 34.3 Å². The molecular weight excluding hydrogens is 294 g/mol. The molecule has 2 aromatic carbocycles. The van der Waals surface area contributed by atoms with Crippen LogP contribution in [0.2, 0.25) is 0 Å². The van der Waals surface area contributed by atoms with Crippen molar-refractivity contribution in [3.63, 3.8) is 0 Å². The summed E-state index contributed by atoms with van der Waals surface area (Å²) in [5.74, 6) is 0.126. The van der Waals surface area contributed by atoms with Crippen LogP contribution >= 0.6 is 0 Å². The Bertz CT molecular complexity index is 899. The molecule has 0 saturated carbocycles. The number of fused-ring (bicyclic) bond motifs is 1. The molecule has 3 aromatic rings. The molecule has 2 N–H and O–H groups in total. The van der Waals surface area contributed by atoms with Gasteiger partial charge in [0.1, 0.15) is 5.52 Å². The molecule has 116 valence electrons. The summed E-state index contributed by atoms with van der Waals surface area (Å²) in [7, 11) is 0. The molecular formula is C17H15N3O3. The normalized spacial score (nSPS) is 10.5. The van der Waals surface area contributed by atoms with Crippen LogP contribution in [0.15, 0.2) is 46.9 Å². The first-order valence-electron chi connectivity index (χ1n) is 7.07. The third-order valence-electron chi connectivity index (χ3n) is 3.20.